The molecule has 0 saturated heterocycles. The maximum absolute atomic E-state index is 4.59. The first-order valence-electron chi connectivity index (χ1n) is 7.71. The number of nitrogens with zero attached hydrogens (tertiary/aromatic N) is 4. The molecule has 0 saturated carbocycles. The van der Waals surface area contributed by atoms with Crippen LogP contribution in [0.15, 0.2) is 42.9 Å². The molecule has 1 unspecified atom stereocenters. The van der Waals surface area contributed by atoms with Crippen LogP contribution in [0.5, 0.6) is 0 Å². The monoisotopic (exact) mass is 294 g/mol. The third kappa shape index (κ3) is 2.45. The summed E-state index contributed by atoms with van der Waals surface area (Å²) in [5.74, 6) is 0.204. The molecule has 0 aliphatic rings. The zero-order chi connectivity index (χ0) is 15.7. The highest BCUT2D eigenvalue weighted by Gasteiger charge is 2.16. The van der Waals surface area contributed by atoms with Crippen molar-refractivity contribution in [3.05, 3.63) is 59.8 Å². The van der Waals surface area contributed by atoms with Gasteiger partial charge in [-0.2, -0.15) is 0 Å². The lowest BCUT2D eigenvalue weighted by Gasteiger charge is -2.19. The molecule has 0 N–H and O–H groups in total. The summed E-state index contributed by atoms with van der Waals surface area (Å²) >= 11 is 0. The van der Waals surface area contributed by atoms with Gasteiger partial charge in [0.1, 0.15) is 0 Å². The van der Waals surface area contributed by atoms with Gasteiger partial charge < -0.3 is 9.30 Å². The van der Waals surface area contributed by atoms with Gasteiger partial charge in [-0.15, -0.1) is 0 Å². The SMILES string of the molecule is CCN(C)c1cccc(C(C)c2nccn3c(C)cnc23)c1. The van der Waals surface area contributed by atoms with E-state index < -0.39 is 0 Å². The van der Waals surface area contributed by atoms with Crippen molar-refractivity contribution in [1.82, 2.24) is 14.4 Å². The van der Waals surface area contributed by atoms with E-state index in [1.54, 1.807) is 0 Å². The number of rotatable bonds is 4. The highest BCUT2D eigenvalue weighted by molar-refractivity contribution is 5.53. The van der Waals surface area contributed by atoms with E-state index in [0.29, 0.717) is 0 Å². The molecule has 4 nitrogen and oxygen atoms in total. The van der Waals surface area contributed by atoms with E-state index in [0.717, 1.165) is 23.6 Å². The van der Waals surface area contributed by atoms with Crippen molar-refractivity contribution in [2.24, 2.45) is 0 Å². The van der Waals surface area contributed by atoms with Crippen LogP contribution in [0.25, 0.3) is 5.65 Å². The van der Waals surface area contributed by atoms with Gasteiger partial charge in [0, 0.05) is 49.5 Å². The van der Waals surface area contributed by atoms with Gasteiger partial charge in [0.2, 0.25) is 0 Å². The maximum atomic E-state index is 4.59. The summed E-state index contributed by atoms with van der Waals surface area (Å²) < 4.78 is 2.10. The molecule has 0 amide bonds. The number of aromatic nitrogens is 3. The van der Waals surface area contributed by atoms with Gasteiger partial charge in [-0.25, -0.2) is 4.98 Å². The highest BCUT2D eigenvalue weighted by Crippen LogP contribution is 2.28. The maximum Gasteiger partial charge on any atom is 0.159 e. The second kappa shape index (κ2) is 5.79. The van der Waals surface area contributed by atoms with E-state index in [4.69, 9.17) is 0 Å². The molecule has 0 radical (unpaired) electrons. The first kappa shape index (κ1) is 14.6. The average Bonchev–Trinajstić information content (AvgIpc) is 2.95. The van der Waals surface area contributed by atoms with Gasteiger partial charge >= 0.3 is 0 Å². The molecule has 2 heterocycles. The lowest BCUT2D eigenvalue weighted by molar-refractivity contribution is 0.856. The molecule has 0 aliphatic carbocycles. The molecule has 1 aromatic carbocycles. The molecule has 1 atom stereocenters. The first-order valence-corrected chi connectivity index (χ1v) is 7.71. The van der Waals surface area contributed by atoms with Gasteiger partial charge in [0.15, 0.2) is 5.65 Å². The molecule has 2 aromatic heterocycles. The van der Waals surface area contributed by atoms with Crippen molar-refractivity contribution in [3.8, 4) is 0 Å². The normalized spacial score (nSPS) is 12.5. The molecule has 4 heteroatoms. The van der Waals surface area contributed by atoms with Crippen molar-refractivity contribution in [2.75, 3.05) is 18.5 Å². The minimum atomic E-state index is 0.204. The van der Waals surface area contributed by atoms with Crippen LogP contribution in [0.2, 0.25) is 0 Å². The fraction of sp³-hybridized carbons (Fsp3) is 0.333. The molecule has 3 rings (SSSR count). The summed E-state index contributed by atoms with van der Waals surface area (Å²) in [7, 11) is 2.11. The molecule has 114 valence electrons. The van der Waals surface area contributed by atoms with Crippen LogP contribution in [0.3, 0.4) is 0 Å². The summed E-state index contributed by atoms with van der Waals surface area (Å²) in [5.41, 5.74) is 5.59. The number of imidazole rings is 1. The van der Waals surface area contributed by atoms with Gasteiger partial charge in [0.05, 0.1) is 5.69 Å². The quantitative estimate of drug-likeness (QED) is 0.736. The van der Waals surface area contributed by atoms with E-state index in [1.807, 2.05) is 18.6 Å². The molecule has 22 heavy (non-hydrogen) atoms. The lowest BCUT2D eigenvalue weighted by Crippen LogP contribution is -2.16. The summed E-state index contributed by atoms with van der Waals surface area (Å²) in [6, 6.07) is 8.67. The molecule has 0 spiro atoms. The second-order valence-electron chi connectivity index (χ2n) is 5.74. The van der Waals surface area contributed by atoms with Crippen molar-refractivity contribution in [2.45, 2.75) is 26.7 Å². The van der Waals surface area contributed by atoms with Crippen LogP contribution in [-0.4, -0.2) is 28.0 Å². The fourth-order valence-corrected chi connectivity index (χ4v) is 2.74. The molecule has 3 aromatic rings. The van der Waals surface area contributed by atoms with Crippen molar-refractivity contribution in [1.29, 1.82) is 0 Å². The van der Waals surface area contributed by atoms with Crippen LogP contribution in [0.1, 0.15) is 36.7 Å². The zero-order valence-electron chi connectivity index (χ0n) is 13.6. The zero-order valence-corrected chi connectivity index (χ0v) is 13.6. The average molecular weight is 294 g/mol. The Morgan fingerprint density at radius 3 is 2.86 bits per heavy atom. The Morgan fingerprint density at radius 2 is 2.09 bits per heavy atom. The Bertz CT molecular complexity index is 791. The summed E-state index contributed by atoms with van der Waals surface area (Å²) in [5, 5.41) is 0. The Morgan fingerprint density at radius 1 is 1.27 bits per heavy atom. The molecule has 0 fully saturated rings. The van der Waals surface area contributed by atoms with Gasteiger partial charge in [-0.1, -0.05) is 19.1 Å². The minimum absolute atomic E-state index is 0.204. The van der Waals surface area contributed by atoms with Crippen molar-refractivity contribution < 1.29 is 0 Å². The van der Waals surface area contributed by atoms with E-state index in [2.05, 4.69) is 71.4 Å². The number of hydrogen-bond acceptors (Lipinski definition) is 3. The number of anilines is 1. The van der Waals surface area contributed by atoms with Gasteiger partial charge in [-0.05, 0) is 31.5 Å². The Hall–Kier alpha value is -2.36. The largest absolute Gasteiger partial charge is 0.375 e. The topological polar surface area (TPSA) is 33.4 Å². The number of fused-ring (bicyclic) bond motifs is 1. The van der Waals surface area contributed by atoms with Crippen LogP contribution < -0.4 is 4.90 Å². The number of hydrogen-bond donors (Lipinski definition) is 0. The molecule has 0 aliphatic heterocycles. The third-order valence-electron chi connectivity index (χ3n) is 4.34. The van der Waals surface area contributed by atoms with E-state index in [1.165, 1.54) is 11.3 Å². The van der Waals surface area contributed by atoms with Crippen LogP contribution in [0.4, 0.5) is 5.69 Å². The fourth-order valence-electron chi connectivity index (χ4n) is 2.74. The van der Waals surface area contributed by atoms with Crippen LogP contribution >= 0.6 is 0 Å². The highest BCUT2D eigenvalue weighted by atomic mass is 15.1. The van der Waals surface area contributed by atoms with Gasteiger partial charge in [0.25, 0.3) is 0 Å². The minimum Gasteiger partial charge on any atom is -0.375 e. The predicted molar refractivity (Wildman–Crippen MR) is 90.6 cm³/mol. The smallest absolute Gasteiger partial charge is 0.159 e. The Kier molecular flexibility index (Phi) is 3.84. The second-order valence-corrected chi connectivity index (χ2v) is 5.74. The third-order valence-corrected chi connectivity index (χ3v) is 4.34. The molecule has 0 bridgehead atoms. The number of benzene rings is 1. The van der Waals surface area contributed by atoms with E-state index >= 15 is 0 Å². The number of aryl methyl sites for hydroxylation is 1. The Balaban J connectivity index is 2.04. The standard InChI is InChI=1S/C18H22N4/c1-5-21(4)16-8-6-7-15(11-16)14(3)17-18-20-12-13(2)22(18)10-9-19-17/h6-12,14H,5H2,1-4H3. The van der Waals surface area contributed by atoms with E-state index in [-0.39, 0.29) is 5.92 Å². The Labute approximate surface area is 131 Å². The van der Waals surface area contributed by atoms with Crippen molar-refractivity contribution in [3.63, 3.8) is 0 Å². The lowest BCUT2D eigenvalue weighted by atomic mass is 9.97. The first-order chi connectivity index (χ1) is 10.6. The van der Waals surface area contributed by atoms with Gasteiger partial charge in [-0.3, -0.25) is 4.98 Å². The summed E-state index contributed by atoms with van der Waals surface area (Å²) in [4.78, 5) is 11.4. The summed E-state index contributed by atoms with van der Waals surface area (Å²) in [6.07, 6.45) is 5.72. The molecular formula is C18H22N4. The van der Waals surface area contributed by atoms with Crippen molar-refractivity contribution >= 4 is 11.3 Å². The summed E-state index contributed by atoms with van der Waals surface area (Å²) in [6.45, 7) is 7.40. The van der Waals surface area contributed by atoms with Crippen LogP contribution in [-0.2, 0) is 0 Å². The van der Waals surface area contributed by atoms with Crippen LogP contribution in [0, 0.1) is 6.92 Å². The van der Waals surface area contributed by atoms with E-state index in [9.17, 15) is 0 Å². The predicted octanol–water partition coefficient (Wildman–Crippen LogP) is 3.65. The molecular weight excluding hydrogens is 272 g/mol.